The third kappa shape index (κ3) is 3.54. The van der Waals surface area contributed by atoms with Gasteiger partial charge in [-0.15, -0.1) is 0 Å². The quantitative estimate of drug-likeness (QED) is 0.728. The number of pyridine rings is 1. The van der Waals surface area contributed by atoms with Crippen LogP contribution in [0.1, 0.15) is 18.1 Å². The summed E-state index contributed by atoms with van der Waals surface area (Å²) >= 11 is 0. The van der Waals surface area contributed by atoms with Crippen LogP contribution in [0.5, 0.6) is 0 Å². The van der Waals surface area contributed by atoms with Crippen LogP contribution >= 0.6 is 0 Å². The standard InChI is InChI=1S/C17H19N5O/c1-2-23-10-13-6-4-3-5-12(13)9-19-16-14-7-8-15(18)22-17(14)21-11-20-16/h3-8,11H,2,9-10H2,1H3,(H3,18,19,20,21,22). The molecule has 6 nitrogen and oxygen atoms in total. The lowest BCUT2D eigenvalue weighted by molar-refractivity contribution is 0.133. The van der Waals surface area contributed by atoms with Gasteiger partial charge in [0.15, 0.2) is 5.65 Å². The zero-order valence-electron chi connectivity index (χ0n) is 13.0. The molecule has 0 saturated heterocycles. The second kappa shape index (κ2) is 7.02. The predicted molar refractivity (Wildman–Crippen MR) is 90.8 cm³/mol. The Morgan fingerprint density at radius 3 is 2.74 bits per heavy atom. The van der Waals surface area contributed by atoms with E-state index in [-0.39, 0.29) is 0 Å². The Balaban J connectivity index is 1.81. The lowest BCUT2D eigenvalue weighted by Crippen LogP contribution is -2.06. The molecule has 0 amide bonds. The number of aromatic nitrogens is 3. The van der Waals surface area contributed by atoms with E-state index in [4.69, 9.17) is 10.5 Å². The molecule has 0 aliphatic rings. The highest BCUT2D eigenvalue weighted by Gasteiger charge is 2.07. The first-order valence-corrected chi connectivity index (χ1v) is 7.53. The first kappa shape index (κ1) is 15.2. The van der Waals surface area contributed by atoms with E-state index in [1.54, 1.807) is 6.07 Å². The van der Waals surface area contributed by atoms with E-state index in [0.29, 0.717) is 31.2 Å². The van der Waals surface area contributed by atoms with Crippen LogP contribution in [-0.2, 0) is 17.9 Å². The highest BCUT2D eigenvalue weighted by Crippen LogP contribution is 2.20. The van der Waals surface area contributed by atoms with Crippen molar-refractivity contribution in [1.82, 2.24) is 15.0 Å². The van der Waals surface area contributed by atoms with Crippen molar-refractivity contribution in [3.05, 3.63) is 53.9 Å². The zero-order valence-corrected chi connectivity index (χ0v) is 13.0. The molecule has 0 bridgehead atoms. The molecule has 0 spiro atoms. The molecular formula is C17H19N5O. The monoisotopic (exact) mass is 309 g/mol. The van der Waals surface area contributed by atoms with Gasteiger partial charge >= 0.3 is 0 Å². The van der Waals surface area contributed by atoms with Gasteiger partial charge in [0.1, 0.15) is 18.0 Å². The fourth-order valence-corrected chi connectivity index (χ4v) is 2.36. The van der Waals surface area contributed by atoms with Gasteiger partial charge in [0.25, 0.3) is 0 Å². The lowest BCUT2D eigenvalue weighted by Gasteiger charge is -2.12. The van der Waals surface area contributed by atoms with Gasteiger partial charge in [-0.2, -0.15) is 0 Å². The van der Waals surface area contributed by atoms with E-state index >= 15 is 0 Å². The van der Waals surface area contributed by atoms with Crippen molar-refractivity contribution in [1.29, 1.82) is 0 Å². The molecule has 6 heteroatoms. The number of rotatable bonds is 6. The Morgan fingerprint density at radius 2 is 1.91 bits per heavy atom. The van der Waals surface area contributed by atoms with Crippen LogP contribution < -0.4 is 11.1 Å². The number of nitrogens with zero attached hydrogens (tertiary/aromatic N) is 3. The number of ether oxygens (including phenoxy) is 1. The maximum absolute atomic E-state index is 5.70. The Labute approximate surface area is 134 Å². The van der Waals surface area contributed by atoms with E-state index in [9.17, 15) is 0 Å². The first-order chi connectivity index (χ1) is 11.3. The maximum Gasteiger partial charge on any atom is 0.166 e. The molecule has 0 aliphatic carbocycles. The van der Waals surface area contributed by atoms with Gasteiger partial charge < -0.3 is 15.8 Å². The van der Waals surface area contributed by atoms with Gasteiger partial charge in [0, 0.05) is 13.2 Å². The Kier molecular flexibility index (Phi) is 4.63. The van der Waals surface area contributed by atoms with Crippen molar-refractivity contribution in [2.75, 3.05) is 17.7 Å². The summed E-state index contributed by atoms with van der Waals surface area (Å²) in [5.41, 5.74) is 8.63. The van der Waals surface area contributed by atoms with Gasteiger partial charge in [-0.05, 0) is 30.2 Å². The SMILES string of the molecule is CCOCc1ccccc1CNc1ncnc2nc(N)ccc12. The Morgan fingerprint density at radius 1 is 1.09 bits per heavy atom. The van der Waals surface area contributed by atoms with Gasteiger partial charge in [-0.1, -0.05) is 24.3 Å². The van der Waals surface area contributed by atoms with Crippen LogP contribution in [0.3, 0.4) is 0 Å². The number of benzene rings is 1. The number of nitrogen functional groups attached to an aromatic ring is 1. The van der Waals surface area contributed by atoms with Gasteiger partial charge in [0.05, 0.1) is 12.0 Å². The minimum Gasteiger partial charge on any atom is -0.384 e. The minimum absolute atomic E-state index is 0.448. The molecule has 0 unspecified atom stereocenters. The molecule has 3 rings (SSSR count). The summed E-state index contributed by atoms with van der Waals surface area (Å²) in [6.07, 6.45) is 1.49. The largest absolute Gasteiger partial charge is 0.384 e. The number of nitrogens with two attached hydrogens (primary N) is 1. The van der Waals surface area contributed by atoms with E-state index in [2.05, 4.69) is 32.4 Å². The Hall–Kier alpha value is -2.73. The lowest BCUT2D eigenvalue weighted by atomic mass is 10.1. The van der Waals surface area contributed by atoms with Gasteiger partial charge in [0.2, 0.25) is 0 Å². The van der Waals surface area contributed by atoms with Crippen LogP contribution in [0.25, 0.3) is 11.0 Å². The van der Waals surface area contributed by atoms with E-state index < -0.39 is 0 Å². The molecule has 2 aromatic heterocycles. The third-order valence-electron chi connectivity index (χ3n) is 3.54. The third-order valence-corrected chi connectivity index (χ3v) is 3.54. The zero-order chi connectivity index (χ0) is 16.1. The van der Waals surface area contributed by atoms with Crippen LogP contribution in [0, 0.1) is 0 Å². The summed E-state index contributed by atoms with van der Waals surface area (Å²) in [5.74, 6) is 1.19. The van der Waals surface area contributed by atoms with Crippen LogP contribution in [-0.4, -0.2) is 21.6 Å². The highest BCUT2D eigenvalue weighted by atomic mass is 16.5. The summed E-state index contributed by atoms with van der Waals surface area (Å²) in [6.45, 7) is 3.95. The number of fused-ring (bicyclic) bond motifs is 1. The number of hydrogen-bond acceptors (Lipinski definition) is 6. The number of anilines is 2. The first-order valence-electron chi connectivity index (χ1n) is 7.53. The normalized spacial score (nSPS) is 10.8. The van der Waals surface area contributed by atoms with Gasteiger partial charge in [-0.25, -0.2) is 15.0 Å². The van der Waals surface area contributed by atoms with E-state index in [1.165, 1.54) is 17.5 Å². The fourth-order valence-electron chi connectivity index (χ4n) is 2.36. The summed E-state index contributed by atoms with van der Waals surface area (Å²) in [6, 6.07) is 11.8. The predicted octanol–water partition coefficient (Wildman–Crippen LogP) is 2.76. The summed E-state index contributed by atoms with van der Waals surface area (Å²) in [5, 5.41) is 4.20. The van der Waals surface area contributed by atoms with E-state index in [1.807, 2.05) is 25.1 Å². The molecular weight excluding hydrogens is 290 g/mol. The molecule has 23 heavy (non-hydrogen) atoms. The molecule has 3 N–H and O–H groups in total. The van der Waals surface area contributed by atoms with Crippen molar-refractivity contribution < 1.29 is 4.74 Å². The van der Waals surface area contributed by atoms with Crippen molar-refractivity contribution in [3.8, 4) is 0 Å². The van der Waals surface area contributed by atoms with E-state index in [0.717, 1.165) is 11.2 Å². The van der Waals surface area contributed by atoms with Gasteiger partial charge in [-0.3, -0.25) is 0 Å². The highest BCUT2D eigenvalue weighted by molar-refractivity contribution is 5.87. The van der Waals surface area contributed by atoms with Crippen molar-refractivity contribution in [2.45, 2.75) is 20.1 Å². The summed E-state index contributed by atoms with van der Waals surface area (Å²) < 4.78 is 5.52. The summed E-state index contributed by atoms with van der Waals surface area (Å²) in [4.78, 5) is 12.7. The van der Waals surface area contributed by atoms with Crippen molar-refractivity contribution >= 4 is 22.7 Å². The molecule has 0 fully saturated rings. The Bertz CT molecular complexity index is 806. The average molecular weight is 309 g/mol. The van der Waals surface area contributed by atoms with Crippen molar-refractivity contribution in [2.24, 2.45) is 0 Å². The van der Waals surface area contributed by atoms with Crippen LogP contribution in [0.4, 0.5) is 11.6 Å². The second-order valence-corrected chi connectivity index (χ2v) is 5.09. The molecule has 0 aliphatic heterocycles. The average Bonchev–Trinajstić information content (AvgIpc) is 2.58. The summed E-state index contributed by atoms with van der Waals surface area (Å²) in [7, 11) is 0. The molecule has 0 atom stereocenters. The maximum atomic E-state index is 5.70. The number of hydrogen-bond donors (Lipinski definition) is 2. The molecule has 0 saturated carbocycles. The molecule has 0 radical (unpaired) electrons. The molecule has 118 valence electrons. The van der Waals surface area contributed by atoms with Crippen LogP contribution in [0.2, 0.25) is 0 Å². The minimum atomic E-state index is 0.448. The topological polar surface area (TPSA) is 86.0 Å². The molecule has 2 heterocycles. The molecule has 1 aromatic carbocycles. The van der Waals surface area contributed by atoms with Crippen LogP contribution in [0.15, 0.2) is 42.7 Å². The number of nitrogens with one attached hydrogen (secondary N) is 1. The second-order valence-electron chi connectivity index (χ2n) is 5.09. The van der Waals surface area contributed by atoms with Crippen molar-refractivity contribution in [3.63, 3.8) is 0 Å². The molecule has 3 aromatic rings. The smallest absolute Gasteiger partial charge is 0.166 e. The fraction of sp³-hybridized carbons (Fsp3) is 0.235.